The third-order valence-electron chi connectivity index (χ3n) is 7.85. The van der Waals surface area contributed by atoms with Crippen molar-refractivity contribution in [1.29, 1.82) is 0 Å². The van der Waals surface area contributed by atoms with Crippen LogP contribution in [0.2, 0.25) is 10.0 Å². The van der Waals surface area contributed by atoms with Crippen LogP contribution in [-0.2, 0) is 37.4 Å². The molecule has 2 fully saturated rings. The summed E-state index contributed by atoms with van der Waals surface area (Å²) in [7, 11) is -4.19. The van der Waals surface area contributed by atoms with Gasteiger partial charge >= 0.3 is 5.97 Å². The molecule has 200 valence electrons. The van der Waals surface area contributed by atoms with Crippen molar-refractivity contribution in [3.63, 3.8) is 0 Å². The number of sulfonamides is 1. The van der Waals surface area contributed by atoms with Crippen LogP contribution in [0.3, 0.4) is 0 Å². The average Bonchev–Trinajstić information content (AvgIpc) is 3.37. The second kappa shape index (κ2) is 10.0. The Balaban J connectivity index is 1.47. The highest BCUT2D eigenvalue weighted by atomic mass is 35.5. The first-order valence-corrected chi connectivity index (χ1v) is 14.1. The van der Waals surface area contributed by atoms with E-state index in [-0.39, 0.29) is 23.9 Å². The van der Waals surface area contributed by atoms with Gasteiger partial charge in [-0.1, -0.05) is 43.1 Å². The molecule has 2 aliphatic carbocycles. The number of carboxylic acids is 1. The Labute approximate surface area is 223 Å². The predicted octanol–water partition coefficient (Wildman–Crippen LogP) is 2.30. The summed E-state index contributed by atoms with van der Waals surface area (Å²) in [6.45, 7) is 3.28. The molecule has 2 bridgehead atoms. The van der Waals surface area contributed by atoms with Gasteiger partial charge in [0.15, 0.2) is 11.6 Å². The SMILES string of the molecule is CC1(C)C2CCC1(CS(=O)(=O)NC(CC(=O)O)C(=O)Cn1nnc(Cc3c(Cl)cccc3Cl)n1)C(=O)C2. The summed E-state index contributed by atoms with van der Waals surface area (Å²) in [6.07, 6.45) is 0.904. The number of aromatic nitrogens is 4. The standard InChI is InChI=1S/C23H27Cl2N5O6S/c1-22(2)13-6-7-23(22,19(32)8-13)12-37(35,36)28-17(10-21(33)34)18(31)11-30-27-20(26-29-30)9-14-15(24)4-3-5-16(14)25/h3-5,13,17,28H,6-12H2,1-2H3,(H,33,34). The third kappa shape index (κ3) is 5.43. The molecule has 4 rings (SSSR count). The predicted molar refractivity (Wildman–Crippen MR) is 134 cm³/mol. The molecule has 0 aliphatic heterocycles. The van der Waals surface area contributed by atoms with Crippen molar-refractivity contribution >= 4 is 50.8 Å². The second-order valence-electron chi connectivity index (χ2n) is 10.3. The minimum absolute atomic E-state index is 0.0989. The summed E-state index contributed by atoms with van der Waals surface area (Å²) in [5, 5.41) is 21.9. The summed E-state index contributed by atoms with van der Waals surface area (Å²) in [6, 6.07) is 3.44. The van der Waals surface area contributed by atoms with Crippen LogP contribution in [0.5, 0.6) is 0 Å². The quantitative estimate of drug-likeness (QED) is 0.412. The molecular formula is C23H27Cl2N5O6S. The monoisotopic (exact) mass is 571 g/mol. The van der Waals surface area contributed by atoms with E-state index in [9.17, 15) is 27.9 Å². The minimum Gasteiger partial charge on any atom is -0.481 e. The van der Waals surface area contributed by atoms with Gasteiger partial charge < -0.3 is 5.11 Å². The van der Waals surface area contributed by atoms with Crippen LogP contribution in [0.1, 0.15) is 50.9 Å². The first kappa shape index (κ1) is 27.6. The molecule has 2 aliphatic rings. The molecule has 0 spiro atoms. The van der Waals surface area contributed by atoms with Gasteiger partial charge in [-0.15, -0.1) is 10.2 Å². The zero-order valence-electron chi connectivity index (χ0n) is 20.3. The van der Waals surface area contributed by atoms with E-state index in [4.69, 9.17) is 23.2 Å². The van der Waals surface area contributed by atoms with Gasteiger partial charge in [0.1, 0.15) is 12.3 Å². The molecular weight excluding hydrogens is 545 g/mol. The van der Waals surface area contributed by atoms with Crippen molar-refractivity contribution in [3.05, 3.63) is 39.6 Å². The summed E-state index contributed by atoms with van der Waals surface area (Å²) in [4.78, 5) is 38.1. The summed E-state index contributed by atoms with van der Waals surface area (Å²) < 4.78 is 28.5. The zero-order chi connectivity index (χ0) is 27.2. The Morgan fingerprint density at radius 1 is 1.27 bits per heavy atom. The minimum atomic E-state index is -4.19. The zero-order valence-corrected chi connectivity index (χ0v) is 22.6. The smallest absolute Gasteiger partial charge is 0.305 e. The number of hydrogen-bond acceptors (Lipinski definition) is 8. The van der Waals surface area contributed by atoms with Crippen molar-refractivity contribution in [3.8, 4) is 0 Å². The molecule has 0 radical (unpaired) electrons. The largest absolute Gasteiger partial charge is 0.481 e. The van der Waals surface area contributed by atoms with Gasteiger partial charge in [0.2, 0.25) is 10.0 Å². The van der Waals surface area contributed by atoms with E-state index in [0.717, 1.165) is 11.2 Å². The van der Waals surface area contributed by atoms with Crippen molar-refractivity contribution < 1.29 is 27.9 Å². The first-order valence-electron chi connectivity index (χ1n) is 11.7. The first-order chi connectivity index (χ1) is 17.2. The van der Waals surface area contributed by atoms with Gasteiger partial charge in [-0.05, 0) is 47.1 Å². The fourth-order valence-electron chi connectivity index (χ4n) is 5.61. The molecule has 3 atom stereocenters. The van der Waals surface area contributed by atoms with Gasteiger partial charge in [0.05, 0.1) is 18.2 Å². The highest BCUT2D eigenvalue weighted by Crippen LogP contribution is 2.64. The van der Waals surface area contributed by atoms with Gasteiger partial charge in [0, 0.05) is 28.3 Å². The average molecular weight is 572 g/mol. The Hall–Kier alpha value is -2.41. The van der Waals surface area contributed by atoms with E-state index in [1.807, 2.05) is 13.8 Å². The normalized spacial score (nSPS) is 23.4. The number of fused-ring (bicyclic) bond motifs is 2. The highest BCUT2D eigenvalue weighted by Gasteiger charge is 2.65. The number of carbonyl (C=O) groups is 3. The lowest BCUT2D eigenvalue weighted by Crippen LogP contribution is -2.50. The number of halogens is 2. The lowest BCUT2D eigenvalue weighted by Gasteiger charge is -2.36. The number of benzene rings is 1. The van der Waals surface area contributed by atoms with E-state index in [2.05, 4.69) is 20.1 Å². The molecule has 3 unspecified atom stereocenters. The summed E-state index contributed by atoms with van der Waals surface area (Å²) in [5.74, 6) is -2.38. The van der Waals surface area contributed by atoms with Gasteiger partial charge in [-0.3, -0.25) is 14.4 Å². The van der Waals surface area contributed by atoms with Crippen molar-refractivity contribution in [1.82, 2.24) is 24.9 Å². The molecule has 0 saturated heterocycles. The fourth-order valence-corrected chi connectivity index (χ4v) is 8.20. The number of aliphatic carboxylic acids is 1. The van der Waals surface area contributed by atoms with E-state index in [1.54, 1.807) is 18.2 Å². The lowest BCUT2D eigenvalue weighted by atomic mass is 9.70. The Morgan fingerprint density at radius 3 is 2.51 bits per heavy atom. The topological polar surface area (TPSA) is 161 Å². The maximum absolute atomic E-state index is 13.1. The number of ketones is 2. The lowest BCUT2D eigenvalue weighted by molar-refractivity contribution is -0.139. The maximum atomic E-state index is 13.1. The van der Waals surface area contributed by atoms with Crippen LogP contribution in [0.15, 0.2) is 18.2 Å². The van der Waals surface area contributed by atoms with E-state index in [0.29, 0.717) is 28.5 Å². The maximum Gasteiger partial charge on any atom is 0.305 e. The van der Waals surface area contributed by atoms with Crippen LogP contribution in [0.25, 0.3) is 0 Å². The number of Topliss-reactive ketones (excluding diaryl/α,β-unsaturated/α-hetero) is 2. The van der Waals surface area contributed by atoms with Gasteiger partial charge in [0.25, 0.3) is 0 Å². The van der Waals surface area contributed by atoms with Crippen LogP contribution in [-0.4, -0.2) is 63.1 Å². The molecule has 1 aromatic heterocycles. The molecule has 2 N–H and O–H groups in total. The van der Waals surface area contributed by atoms with E-state index in [1.165, 1.54) is 0 Å². The van der Waals surface area contributed by atoms with Gasteiger partial charge in [-0.25, -0.2) is 13.1 Å². The molecule has 14 heteroatoms. The number of carboxylic acid groups (broad SMARTS) is 1. The van der Waals surface area contributed by atoms with Gasteiger partial charge in [-0.2, -0.15) is 4.80 Å². The molecule has 11 nitrogen and oxygen atoms in total. The van der Waals surface area contributed by atoms with Crippen molar-refractivity contribution in [2.24, 2.45) is 16.7 Å². The second-order valence-corrected chi connectivity index (χ2v) is 12.8. The molecule has 1 aromatic carbocycles. The van der Waals surface area contributed by atoms with Crippen LogP contribution >= 0.6 is 23.2 Å². The van der Waals surface area contributed by atoms with Crippen molar-refractivity contribution in [2.45, 2.75) is 58.5 Å². The van der Waals surface area contributed by atoms with Crippen LogP contribution in [0, 0.1) is 16.7 Å². The fraction of sp³-hybridized carbons (Fsp3) is 0.565. The number of tetrazole rings is 1. The van der Waals surface area contributed by atoms with Crippen LogP contribution in [0.4, 0.5) is 0 Å². The number of hydrogen-bond donors (Lipinski definition) is 2. The Bertz CT molecular complexity index is 1340. The molecule has 37 heavy (non-hydrogen) atoms. The summed E-state index contributed by atoms with van der Waals surface area (Å²) >= 11 is 12.3. The summed E-state index contributed by atoms with van der Waals surface area (Å²) in [5.41, 5.74) is -0.981. The Morgan fingerprint density at radius 2 is 1.95 bits per heavy atom. The number of nitrogens with zero attached hydrogens (tertiary/aromatic N) is 4. The third-order valence-corrected chi connectivity index (χ3v) is 10.1. The molecule has 1 heterocycles. The van der Waals surface area contributed by atoms with E-state index < -0.39 is 57.4 Å². The van der Waals surface area contributed by atoms with E-state index >= 15 is 0 Å². The molecule has 0 amide bonds. The van der Waals surface area contributed by atoms with Crippen molar-refractivity contribution in [2.75, 3.05) is 5.75 Å². The Kier molecular flexibility index (Phi) is 7.50. The van der Waals surface area contributed by atoms with Crippen LogP contribution < -0.4 is 4.72 Å². The number of nitrogens with one attached hydrogen (secondary N) is 1. The molecule has 2 saturated carbocycles. The number of carbonyl (C=O) groups excluding carboxylic acids is 2. The number of rotatable bonds is 11. The highest BCUT2D eigenvalue weighted by molar-refractivity contribution is 7.89. The molecule has 2 aromatic rings.